The maximum absolute atomic E-state index is 11.3. The Hall–Kier alpha value is 0.900. The second kappa shape index (κ2) is 5.59. The lowest BCUT2D eigenvalue weighted by Crippen LogP contribution is -2.24. The highest BCUT2D eigenvalue weighted by Crippen LogP contribution is 2.60. The summed E-state index contributed by atoms with van der Waals surface area (Å²) in [5, 5.41) is 12.1. The van der Waals surface area contributed by atoms with Crippen LogP contribution in [0.2, 0.25) is 0 Å². The third kappa shape index (κ3) is 4.23. The monoisotopic (exact) mass is 269 g/mol. The van der Waals surface area contributed by atoms with Gasteiger partial charge in [0.2, 0.25) is 0 Å². The fourth-order valence-electron chi connectivity index (χ4n) is 0.261. The summed E-state index contributed by atoms with van der Waals surface area (Å²) in [4.78, 5) is 9.51. The Morgan fingerprint density at radius 1 is 1.42 bits per heavy atom. The molecule has 10 heteroatoms. The minimum atomic E-state index is -3.17. The van der Waals surface area contributed by atoms with Crippen LogP contribution in [0.25, 0.3) is 0 Å². The number of alkyl halides is 2. The van der Waals surface area contributed by atoms with Crippen molar-refractivity contribution in [3.8, 4) is 0 Å². The first-order valence-electron chi connectivity index (χ1n) is 2.42. The number of hydrogen-bond acceptors (Lipinski definition) is 6. The predicted octanol–water partition coefficient (Wildman–Crippen LogP) is 1.23. The molecule has 0 atom stereocenters. The van der Waals surface area contributed by atoms with Gasteiger partial charge in [0.05, 0.1) is 0 Å². The summed E-state index contributed by atoms with van der Waals surface area (Å²) >= 11 is 11.3. The van der Waals surface area contributed by atoms with Crippen LogP contribution in [0.5, 0.6) is 0 Å². The minimum absolute atomic E-state index is 0.462. The number of nitrogens with one attached hydrogen (secondary N) is 1. The van der Waals surface area contributed by atoms with Crippen LogP contribution >= 0.6 is 52.0 Å². The highest BCUT2D eigenvalue weighted by molar-refractivity contribution is 8.89. The number of carbonyl (C=O) groups is 1. The minimum Gasteiger partial charge on any atom is -0.287 e. The second-order valence-electron chi connectivity index (χ2n) is 1.49. The molecule has 1 amide bonds. The van der Waals surface area contributed by atoms with Crippen molar-refractivity contribution in [2.45, 2.75) is 4.84 Å². The molecule has 0 saturated heterocycles. The molecule has 0 fully saturated rings. The molecule has 0 aromatic rings. The first-order chi connectivity index (χ1) is 5.45. The van der Waals surface area contributed by atoms with Crippen LogP contribution in [0.1, 0.15) is 0 Å². The van der Waals surface area contributed by atoms with Crippen LogP contribution in [0, 0.1) is 0 Å². The fraction of sp³-hybridized carbons (Fsp3) is 0.500. The van der Waals surface area contributed by atoms with E-state index in [-0.39, 0.29) is 0 Å². The molecule has 0 rings (SSSR count). The molecule has 0 aliphatic carbocycles. The molecule has 0 aromatic heterocycles. The van der Waals surface area contributed by atoms with Gasteiger partial charge in [0, 0.05) is 23.1 Å². The summed E-state index contributed by atoms with van der Waals surface area (Å²) < 4.78 is 11.3. The molecule has 0 aliphatic heterocycles. The Bertz CT molecular complexity index is 206. The normalized spacial score (nSPS) is 11.8. The summed E-state index contributed by atoms with van der Waals surface area (Å²) in [6.45, 7) is 0. The van der Waals surface area contributed by atoms with E-state index in [0.29, 0.717) is 23.1 Å². The number of carbonyl (C=O) groups excluding carboxylic acids is 1. The summed E-state index contributed by atoms with van der Waals surface area (Å²) in [7, 11) is 0. The highest BCUT2D eigenvalue weighted by atomic mass is 35.5. The molecule has 0 aliphatic rings. The summed E-state index contributed by atoms with van der Waals surface area (Å²) in [6.07, 6.45) is 0. The van der Waals surface area contributed by atoms with Gasteiger partial charge in [0.25, 0.3) is 5.91 Å². The van der Waals surface area contributed by atoms with Crippen LogP contribution in [-0.2, 0) is 9.36 Å². The van der Waals surface area contributed by atoms with Gasteiger partial charge in [0.1, 0.15) is 0 Å². The van der Waals surface area contributed by atoms with Gasteiger partial charge in [-0.15, -0.1) is 0 Å². The Balaban J connectivity index is 4.23. The van der Waals surface area contributed by atoms with Gasteiger partial charge in [-0.05, 0) is 0 Å². The van der Waals surface area contributed by atoms with E-state index >= 15 is 0 Å². The van der Waals surface area contributed by atoms with Crippen molar-refractivity contribution in [1.29, 1.82) is 0 Å². The van der Waals surface area contributed by atoms with Gasteiger partial charge in [-0.1, -0.05) is 23.2 Å². The van der Waals surface area contributed by atoms with Crippen LogP contribution in [0.4, 0.5) is 0 Å². The first-order valence-corrected chi connectivity index (χ1v) is 7.97. The van der Waals surface area contributed by atoms with Crippen LogP contribution in [0.3, 0.4) is 0 Å². The maximum atomic E-state index is 11.3. The van der Waals surface area contributed by atoms with Crippen LogP contribution < -0.4 is 15.4 Å². The molecule has 0 radical (unpaired) electrons. The van der Waals surface area contributed by atoms with Gasteiger partial charge in [0.15, 0.2) is 4.84 Å². The zero-order valence-corrected chi connectivity index (χ0v) is 9.61. The number of hydrogen-bond donors (Lipinski definition) is 3. The molecule has 0 bridgehead atoms. The Kier molecular flexibility index (Phi) is 6.01. The van der Waals surface area contributed by atoms with E-state index in [1.165, 1.54) is 0 Å². The van der Waals surface area contributed by atoms with Crippen molar-refractivity contribution >= 4 is 57.9 Å². The van der Waals surface area contributed by atoms with Gasteiger partial charge in [-0.2, -0.15) is 0 Å². The topological polar surface area (TPSA) is 98.2 Å². The third-order valence-corrected chi connectivity index (χ3v) is 5.93. The zero-order valence-electron chi connectivity index (χ0n) is 5.57. The molecule has 72 valence electrons. The van der Waals surface area contributed by atoms with Crippen LogP contribution in [0.15, 0.2) is 0 Å². The van der Waals surface area contributed by atoms with Gasteiger partial charge in [-0.25, -0.2) is 0 Å². The standard InChI is InChI=1S/C2H6Cl2N3O2PS2/c3-1(4)2(8)7-10(9,11-5)12-6/h1H,5-6H2,(H,7,8,9). The maximum Gasteiger partial charge on any atom is 0.308 e. The quantitative estimate of drug-likeness (QED) is 0.403. The summed E-state index contributed by atoms with van der Waals surface area (Å²) in [6, 6.07) is 0. The Labute approximate surface area is 87.5 Å². The van der Waals surface area contributed by atoms with E-state index in [0.717, 1.165) is 0 Å². The van der Waals surface area contributed by atoms with E-state index < -0.39 is 16.4 Å². The number of rotatable bonds is 4. The molecule has 0 spiro atoms. The molecule has 0 saturated carbocycles. The molecule has 0 aromatic carbocycles. The molecule has 5 N–H and O–H groups in total. The third-order valence-electron chi connectivity index (χ3n) is 0.723. The van der Waals surface area contributed by atoms with Crippen molar-refractivity contribution in [2.24, 2.45) is 10.3 Å². The van der Waals surface area contributed by atoms with Crippen molar-refractivity contribution in [3.63, 3.8) is 0 Å². The average Bonchev–Trinajstić information content (AvgIpc) is 2.04. The first kappa shape index (κ1) is 12.9. The Morgan fingerprint density at radius 3 is 2.08 bits per heavy atom. The smallest absolute Gasteiger partial charge is 0.287 e. The number of amides is 1. The van der Waals surface area contributed by atoms with Gasteiger partial charge >= 0.3 is 5.70 Å². The van der Waals surface area contributed by atoms with Gasteiger partial charge < -0.3 is 0 Å². The second-order valence-corrected chi connectivity index (χ2v) is 9.27. The van der Waals surface area contributed by atoms with E-state index in [9.17, 15) is 9.36 Å². The molecular weight excluding hydrogens is 264 g/mol. The van der Waals surface area contributed by atoms with E-state index in [4.69, 9.17) is 33.5 Å². The molecule has 0 unspecified atom stereocenters. The number of halogens is 2. The molecule has 12 heavy (non-hydrogen) atoms. The predicted molar refractivity (Wildman–Crippen MR) is 54.8 cm³/mol. The summed E-state index contributed by atoms with van der Waals surface area (Å²) in [5.74, 6) is -0.780. The van der Waals surface area contributed by atoms with Crippen LogP contribution in [-0.4, -0.2) is 10.7 Å². The molecule has 0 heterocycles. The zero-order chi connectivity index (χ0) is 9.78. The number of nitrogens with two attached hydrogens (primary N) is 2. The van der Waals surface area contributed by atoms with Crippen molar-refractivity contribution in [2.75, 3.05) is 0 Å². The van der Waals surface area contributed by atoms with Gasteiger partial charge in [-0.3, -0.25) is 24.7 Å². The lowest BCUT2D eigenvalue weighted by atomic mass is 10.8. The van der Waals surface area contributed by atoms with Crippen molar-refractivity contribution in [1.82, 2.24) is 5.09 Å². The Morgan fingerprint density at radius 2 is 1.83 bits per heavy atom. The largest absolute Gasteiger partial charge is 0.308 e. The average molecular weight is 270 g/mol. The van der Waals surface area contributed by atoms with E-state index in [1.54, 1.807) is 0 Å². The lowest BCUT2D eigenvalue weighted by molar-refractivity contribution is -0.117. The fourth-order valence-corrected chi connectivity index (χ4v) is 2.53. The summed E-state index contributed by atoms with van der Waals surface area (Å²) in [5.41, 5.74) is -3.17. The van der Waals surface area contributed by atoms with Crippen molar-refractivity contribution < 1.29 is 9.36 Å². The van der Waals surface area contributed by atoms with E-state index in [2.05, 4.69) is 0 Å². The highest BCUT2D eigenvalue weighted by Gasteiger charge is 2.26. The molecular formula is C2H6Cl2N3O2PS2. The lowest BCUT2D eigenvalue weighted by Gasteiger charge is -2.12. The van der Waals surface area contributed by atoms with E-state index in [1.807, 2.05) is 5.09 Å². The SMILES string of the molecule is NSP(=O)(NC(=O)C(Cl)Cl)SN. The molecule has 5 nitrogen and oxygen atoms in total. The van der Waals surface area contributed by atoms with Crippen molar-refractivity contribution in [3.05, 3.63) is 0 Å².